The zero-order chi connectivity index (χ0) is 22.8. The van der Waals surface area contributed by atoms with Crippen molar-refractivity contribution >= 4 is 28.8 Å². The highest BCUT2D eigenvalue weighted by Gasteiger charge is 2.27. The van der Waals surface area contributed by atoms with Crippen LogP contribution in [0.3, 0.4) is 0 Å². The van der Waals surface area contributed by atoms with Gasteiger partial charge in [0, 0.05) is 76.3 Å². The maximum absolute atomic E-state index is 14.2. The Labute approximate surface area is 199 Å². The molecule has 33 heavy (non-hydrogen) atoms. The van der Waals surface area contributed by atoms with E-state index >= 15 is 0 Å². The number of thiophene rings is 1. The number of benzene rings is 1. The van der Waals surface area contributed by atoms with E-state index in [0.29, 0.717) is 5.69 Å². The van der Waals surface area contributed by atoms with Crippen molar-refractivity contribution in [3.05, 3.63) is 63.7 Å². The molecule has 2 aliphatic heterocycles. The van der Waals surface area contributed by atoms with Crippen LogP contribution < -0.4 is 14.7 Å². The molecule has 2 aliphatic rings. The maximum Gasteiger partial charge on any atom is 0.227 e. The standard InChI is InChI=1S/C25H31FN6S/c1-3-29(2)24-20-18-30(17-19-7-6-16-33-19)11-10-22(20)27-25(28-24)32-14-12-31(13-15-32)23-9-5-4-8-21(23)26/h4-9,16H,3,10-15,17-18H2,1-2H3. The van der Waals surface area contributed by atoms with Crippen LogP contribution in [0.1, 0.15) is 23.1 Å². The average molecular weight is 467 g/mol. The van der Waals surface area contributed by atoms with E-state index in [-0.39, 0.29) is 5.82 Å². The van der Waals surface area contributed by atoms with Crippen LogP contribution in [-0.2, 0) is 19.5 Å². The lowest BCUT2D eigenvalue weighted by molar-refractivity contribution is 0.245. The molecule has 3 aromatic rings. The van der Waals surface area contributed by atoms with Gasteiger partial charge in [-0.2, -0.15) is 4.98 Å². The van der Waals surface area contributed by atoms with E-state index in [2.05, 4.69) is 51.1 Å². The van der Waals surface area contributed by atoms with Crippen molar-refractivity contribution in [2.45, 2.75) is 26.4 Å². The quantitative estimate of drug-likeness (QED) is 0.547. The molecule has 0 saturated carbocycles. The predicted octanol–water partition coefficient (Wildman–Crippen LogP) is 4.02. The van der Waals surface area contributed by atoms with Crippen molar-refractivity contribution in [1.29, 1.82) is 0 Å². The summed E-state index contributed by atoms with van der Waals surface area (Å²) < 4.78 is 14.2. The summed E-state index contributed by atoms with van der Waals surface area (Å²) in [4.78, 5) is 20.6. The first-order valence-corrected chi connectivity index (χ1v) is 12.6. The van der Waals surface area contributed by atoms with Gasteiger partial charge in [0.15, 0.2) is 0 Å². The van der Waals surface area contributed by atoms with Gasteiger partial charge in [0.1, 0.15) is 11.6 Å². The molecule has 8 heteroatoms. The van der Waals surface area contributed by atoms with Crippen LogP contribution in [0.5, 0.6) is 0 Å². The third kappa shape index (κ3) is 4.68. The first kappa shape index (κ1) is 22.1. The minimum absolute atomic E-state index is 0.157. The largest absolute Gasteiger partial charge is 0.366 e. The zero-order valence-electron chi connectivity index (χ0n) is 19.4. The Bertz CT molecular complexity index is 1080. The number of rotatable bonds is 6. The fourth-order valence-corrected chi connectivity index (χ4v) is 5.41. The minimum Gasteiger partial charge on any atom is -0.366 e. The molecule has 0 aliphatic carbocycles. The highest BCUT2D eigenvalue weighted by Crippen LogP contribution is 2.30. The molecule has 1 fully saturated rings. The highest BCUT2D eigenvalue weighted by molar-refractivity contribution is 7.09. The number of halogens is 1. The van der Waals surface area contributed by atoms with Gasteiger partial charge in [-0.25, -0.2) is 9.37 Å². The van der Waals surface area contributed by atoms with E-state index in [0.717, 1.165) is 70.5 Å². The van der Waals surface area contributed by atoms with E-state index in [1.807, 2.05) is 23.5 Å². The molecule has 0 spiro atoms. The molecular weight excluding hydrogens is 435 g/mol. The monoisotopic (exact) mass is 466 g/mol. The Morgan fingerprint density at radius 1 is 1.00 bits per heavy atom. The van der Waals surface area contributed by atoms with Crippen molar-refractivity contribution < 1.29 is 4.39 Å². The Balaban J connectivity index is 1.35. The van der Waals surface area contributed by atoms with Gasteiger partial charge in [-0.05, 0) is 30.5 Å². The third-order valence-corrected chi connectivity index (χ3v) is 7.52. The van der Waals surface area contributed by atoms with Crippen molar-refractivity contribution in [2.75, 3.05) is 61.0 Å². The number of hydrogen-bond acceptors (Lipinski definition) is 7. The first-order chi connectivity index (χ1) is 16.1. The number of nitrogens with zero attached hydrogens (tertiary/aromatic N) is 6. The van der Waals surface area contributed by atoms with Gasteiger partial charge >= 0.3 is 0 Å². The van der Waals surface area contributed by atoms with Gasteiger partial charge in [0.05, 0.1) is 11.4 Å². The molecule has 4 heterocycles. The Kier molecular flexibility index (Phi) is 6.46. The molecule has 5 rings (SSSR count). The molecule has 1 saturated heterocycles. The highest BCUT2D eigenvalue weighted by atomic mass is 32.1. The van der Waals surface area contributed by atoms with Crippen LogP contribution in [0.25, 0.3) is 0 Å². The average Bonchev–Trinajstić information content (AvgIpc) is 3.36. The van der Waals surface area contributed by atoms with Gasteiger partial charge in [-0.15, -0.1) is 11.3 Å². The topological polar surface area (TPSA) is 38.7 Å². The van der Waals surface area contributed by atoms with Crippen molar-refractivity contribution in [2.24, 2.45) is 0 Å². The lowest BCUT2D eigenvalue weighted by atomic mass is 10.1. The number of hydrogen-bond donors (Lipinski definition) is 0. The van der Waals surface area contributed by atoms with Gasteiger partial charge in [0.25, 0.3) is 0 Å². The first-order valence-electron chi connectivity index (χ1n) is 11.7. The fraction of sp³-hybridized carbons (Fsp3) is 0.440. The van der Waals surface area contributed by atoms with E-state index < -0.39 is 0 Å². The molecule has 0 bridgehead atoms. The molecule has 0 radical (unpaired) electrons. The Hall–Kier alpha value is -2.71. The number of aromatic nitrogens is 2. The third-order valence-electron chi connectivity index (χ3n) is 6.66. The second-order valence-corrected chi connectivity index (χ2v) is 9.78. The lowest BCUT2D eigenvalue weighted by Crippen LogP contribution is -2.47. The molecule has 6 nitrogen and oxygen atoms in total. The molecule has 174 valence electrons. The second-order valence-electron chi connectivity index (χ2n) is 8.75. The summed E-state index contributed by atoms with van der Waals surface area (Å²) in [7, 11) is 2.11. The van der Waals surface area contributed by atoms with Gasteiger partial charge in [-0.3, -0.25) is 4.90 Å². The van der Waals surface area contributed by atoms with Crippen molar-refractivity contribution in [3.8, 4) is 0 Å². The van der Waals surface area contributed by atoms with Gasteiger partial charge in [0.2, 0.25) is 5.95 Å². The Morgan fingerprint density at radius 3 is 2.52 bits per heavy atom. The summed E-state index contributed by atoms with van der Waals surface area (Å²) in [5, 5.41) is 2.14. The maximum atomic E-state index is 14.2. The van der Waals surface area contributed by atoms with Crippen LogP contribution in [0, 0.1) is 5.82 Å². The summed E-state index contributed by atoms with van der Waals surface area (Å²) in [6.07, 6.45) is 0.940. The van der Waals surface area contributed by atoms with Crippen molar-refractivity contribution in [1.82, 2.24) is 14.9 Å². The normalized spacial score (nSPS) is 16.7. The van der Waals surface area contributed by atoms with Crippen LogP contribution in [-0.4, -0.2) is 61.2 Å². The zero-order valence-corrected chi connectivity index (χ0v) is 20.2. The molecular formula is C25H31FN6S. The van der Waals surface area contributed by atoms with E-state index in [1.54, 1.807) is 6.07 Å². The summed E-state index contributed by atoms with van der Waals surface area (Å²) in [5.74, 6) is 1.70. The van der Waals surface area contributed by atoms with E-state index in [1.165, 1.54) is 22.2 Å². The van der Waals surface area contributed by atoms with Crippen LogP contribution in [0.15, 0.2) is 41.8 Å². The van der Waals surface area contributed by atoms with E-state index in [4.69, 9.17) is 9.97 Å². The number of fused-ring (bicyclic) bond motifs is 1. The van der Waals surface area contributed by atoms with E-state index in [9.17, 15) is 4.39 Å². The number of anilines is 3. The summed E-state index contributed by atoms with van der Waals surface area (Å²) in [6, 6.07) is 11.4. The number of piperazine rings is 1. The van der Waals surface area contributed by atoms with Crippen molar-refractivity contribution in [3.63, 3.8) is 0 Å². The lowest BCUT2D eigenvalue weighted by Gasteiger charge is -2.37. The smallest absolute Gasteiger partial charge is 0.227 e. The van der Waals surface area contributed by atoms with Crippen LogP contribution >= 0.6 is 11.3 Å². The summed E-state index contributed by atoms with van der Waals surface area (Å²) in [5.41, 5.74) is 3.12. The fourth-order valence-electron chi connectivity index (χ4n) is 4.66. The van der Waals surface area contributed by atoms with Gasteiger partial charge in [-0.1, -0.05) is 18.2 Å². The SMILES string of the molecule is CCN(C)c1nc(N2CCN(c3ccccc3F)CC2)nc2c1CN(Cc1cccs1)CC2. The van der Waals surface area contributed by atoms with Crippen LogP contribution in [0.2, 0.25) is 0 Å². The molecule has 1 aromatic carbocycles. The summed E-state index contributed by atoms with van der Waals surface area (Å²) >= 11 is 1.82. The minimum atomic E-state index is -0.157. The molecule has 2 aromatic heterocycles. The molecule has 0 unspecified atom stereocenters. The van der Waals surface area contributed by atoms with Gasteiger partial charge < -0.3 is 14.7 Å². The summed E-state index contributed by atoms with van der Waals surface area (Å²) in [6.45, 7) is 9.02. The molecule has 0 amide bonds. The predicted molar refractivity (Wildman–Crippen MR) is 134 cm³/mol. The molecule has 0 N–H and O–H groups in total. The molecule has 0 atom stereocenters. The Morgan fingerprint density at radius 2 is 1.79 bits per heavy atom. The second kappa shape index (κ2) is 9.65. The van der Waals surface area contributed by atoms with Crippen LogP contribution in [0.4, 0.5) is 21.8 Å². The number of para-hydroxylation sites is 1.